The van der Waals surface area contributed by atoms with Crippen molar-refractivity contribution in [2.75, 3.05) is 20.6 Å². The van der Waals surface area contributed by atoms with Gasteiger partial charge in [-0.1, -0.05) is 12.1 Å². The summed E-state index contributed by atoms with van der Waals surface area (Å²) in [6, 6.07) is 5.42. The third-order valence-corrected chi connectivity index (χ3v) is 2.74. The minimum absolute atomic E-state index is 0.0347. The maximum atomic E-state index is 9.57. The number of aromatic hydroxyl groups is 2. The second kappa shape index (κ2) is 5.72. The number of phenolic OH excluding ortho intramolecular Hbond substituents is 2. The fourth-order valence-electron chi connectivity index (χ4n) is 1.32. The third kappa shape index (κ3) is 3.40. The van der Waals surface area contributed by atoms with Gasteiger partial charge in [0.2, 0.25) is 0 Å². The van der Waals surface area contributed by atoms with Gasteiger partial charge in [0, 0.05) is 24.7 Å². The standard InChI is InChI=1S/C12H20N2O2/c1-9(14(2)3)7-13-8-10-5-4-6-11(15)12(10)16/h4-6,9,13,15-16H,7-8H2,1-3H3. The molecule has 0 amide bonds. The Morgan fingerprint density at radius 3 is 2.62 bits per heavy atom. The molecule has 0 heterocycles. The molecule has 0 bridgehead atoms. The minimum atomic E-state index is -0.0695. The first-order chi connectivity index (χ1) is 7.52. The summed E-state index contributed by atoms with van der Waals surface area (Å²) in [5, 5.41) is 22.1. The molecule has 0 saturated heterocycles. The lowest BCUT2D eigenvalue weighted by Gasteiger charge is -2.20. The molecule has 0 spiro atoms. The fourth-order valence-corrected chi connectivity index (χ4v) is 1.32. The average Bonchev–Trinajstić information content (AvgIpc) is 2.24. The molecule has 16 heavy (non-hydrogen) atoms. The molecule has 1 atom stereocenters. The summed E-state index contributed by atoms with van der Waals surface area (Å²) in [5.41, 5.74) is 0.714. The molecule has 4 nitrogen and oxygen atoms in total. The molecule has 0 radical (unpaired) electrons. The molecule has 3 N–H and O–H groups in total. The molecular weight excluding hydrogens is 204 g/mol. The van der Waals surface area contributed by atoms with E-state index in [9.17, 15) is 10.2 Å². The van der Waals surface area contributed by atoms with Crippen LogP contribution in [0.25, 0.3) is 0 Å². The lowest BCUT2D eigenvalue weighted by Crippen LogP contribution is -2.35. The number of nitrogens with zero attached hydrogens (tertiary/aromatic N) is 1. The largest absolute Gasteiger partial charge is 0.504 e. The van der Waals surface area contributed by atoms with Crippen LogP contribution in [0.2, 0.25) is 0 Å². The van der Waals surface area contributed by atoms with Gasteiger partial charge in [-0.3, -0.25) is 0 Å². The van der Waals surface area contributed by atoms with Crippen LogP contribution in [-0.2, 0) is 6.54 Å². The van der Waals surface area contributed by atoms with Crippen molar-refractivity contribution in [2.24, 2.45) is 0 Å². The first kappa shape index (κ1) is 12.8. The van der Waals surface area contributed by atoms with E-state index in [0.717, 1.165) is 6.54 Å². The Hall–Kier alpha value is -1.26. The molecule has 1 aromatic carbocycles. The highest BCUT2D eigenvalue weighted by Gasteiger charge is 2.07. The number of benzene rings is 1. The van der Waals surface area contributed by atoms with Crippen molar-refractivity contribution in [3.8, 4) is 11.5 Å². The predicted octanol–water partition coefficient (Wildman–Crippen LogP) is 1.14. The van der Waals surface area contributed by atoms with Crippen molar-refractivity contribution in [3.63, 3.8) is 0 Å². The van der Waals surface area contributed by atoms with Crippen molar-refractivity contribution in [3.05, 3.63) is 23.8 Å². The van der Waals surface area contributed by atoms with Gasteiger partial charge in [0.1, 0.15) is 0 Å². The van der Waals surface area contributed by atoms with Crippen molar-refractivity contribution in [2.45, 2.75) is 19.5 Å². The topological polar surface area (TPSA) is 55.7 Å². The van der Waals surface area contributed by atoms with Crippen LogP contribution in [0.3, 0.4) is 0 Å². The lowest BCUT2D eigenvalue weighted by atomic mass is 10.2. The zero-order chi connectivity index (χ0) is 12.1. The predicted molar refractivity (Wildman–Crippen MR) is 64.6 cm³/mol. The van der Waals surface area contributed by atoms with E-state index in [1.807, 2.05) is 14.1 Å². The molecule has 1 unspecified atom stereocenters. The first-order valence-electron chi connectivity index (χ1n) is 5.39. The molecular formula is C12H20N2O2. The van der Waals surface area contributed by atoms with Crippen LogP contribution in [-0.4, -0.2) is 41.8 Å². The molecule has 0 aliphatic rings. The third-order valence-electron chi connectivity index (χ3n) is 2.74. The first-order valence-corrected chi connectivity index (χ1v) is 5.39. The van der Waals surface area contributed by atoms with Gasteiger partial charge in [-0.2, -0.15) is 0 Å². The monoisotopic (exact) mass is 224 g/mol. The Kier molecular flexibility index (Phi) is 4.58. The summed E-state index contributed by atoms with van der Waals surface area (Å²) >= 11 is 0. The van der Waals surface area contributed by atoms with Gasteiger partial charge in [-0.05, 0) is 27.1 Å². The SMILES string of the molecule is CC(CNCc1cccc(O)c1O)N(C)C. The Morgan fingerprint density at radius 2 is 2.00 bits per heavy atom. The van der Waals surface area contributed by atoms with Crippen LogP contribution in [0.15, 0.2) is 18.2 Å². The molecule has 0 aliphatic carbocycles. The number of nitrogens with one attached hydrogen (secondary N) is 1. The van der Waals surface area contributed by atoms with E-state index in [2.05, 4.69) is 17.1 Å². The second-order valence-electron chi connectivity index (χ2n) is 4.23. The van der Waals surface area contributed by atoms with Gasteiger partial charge in [0.25, 0.3) is 0 Å². The van der Waals surface area contributed by atoms with Crippen molar-refractivity contribution >= 4 is 0 Å². The number of phenols is 2. The number of para-hydroxylation sites is 1. The van der Waals surface area contributed by atoms with Crippen LogP contribution < -0.4 is 5.32 Å². The average molecular weight is 224 g/mol. The van der Waals surface area contributed by atoms with E-state index in [0.29, 0.717) is 18.2 Å². The van der Waals surface area contributed by atoms with E-state index in [4.69, 9.17) is 0 Å². The van der Waals surface area contributed by atoms with Gasteiger partial charge in [0.15, 0.2) is 11.5 Å². The highest BCUT2D eigenvalue weighted by molar-refractivity contribution is 5.44. The normalized spacial score (nSPS) is 13.0. The van der Waals surface area contributed by atoms with Crippen molar-refractivity contribution in [1.82, 2.24) is 10.2 Å². The summed E-state index contributed by atoms with van der Waals surface area (Å²) < 4.78 is 0. The smallest absolute Gasteiger partial charge is 0.161 e. The Labute approximate surface area is 96.5 Å². The van der Waals surface area contributed by atoms with Gasteiger partial charge < -0.3 is 20.4 Å². The van der Waals surface area contributed by atoms with Crippen LogP contribution >= 0.6 is 0 Å². The summed E-state index contributed by atoms with van der Waals surface area (Å²) in [6.45, 7) is 3.51. The van der Waals surface area contributed by atoms with Crippen molar-refractivity contribution < 1.29 is 10.2 Å². The van der Waals surface area contributed by atoms with Gasteiger partial charge >= 0.3 is 0 Å². The number of rotatable bonds is 5. The quantitative estimate of drug-likeness (QED) is 0.656. The molecule has 4 heteroatoms. The van der Waals surface area contributed by atoms with E-state index < -0.39 is 0 Å². The van der Waals surface area contributed by atoms with Crippen molar-refractivity contribution in [1.29, 1.82) is 0 Å². The van der Waals surface area contributed by atoms with Gasteiger partial charge in [-0.15, -0.1) is 0 Å². The molecule has 90 valence electrons. The highest BCUT2D eigenvalue weighted by Crippen LogP contribution is 2.27. The van der Waals surface area contributed by atoms with E-state index in [1.165, 1.54) is 6.07 Å². The highest BCUT2D eigenvalue weighted by atomic mass is 16.3. The zero-order valence-corrected chi connectivity index (χ0v) is 10.1. The van der Waals surface area contributed by atoms with Crippen LogP contribution in [0, 0.1) is 0 Å². The minimum Gasteiger partial charge on any atom is -0.504 e. The van der Waals surface area contributed by atoms with Gasteiger partial charge in [-0.25, -0.2) is 0 Å². The van der Waals surface area contributed by atoms with E-state index in [-0.39, 0.29) is 11.5 Å². The Morgan fingerprint density at radius 1 is 1.31 bits per heavy atom. The van der Waals surface area contributed by atoms with Crippen LogP contribution in [0.1, 0.15) is 12.5 Å². The maximum absolute atomic E-state index is 9.57. The Balaban J connectivity index is 2.46. The van der Waals surface area contributed by atoms with E-state index in [1.54, 1.807) is 12.1 Å². The molecule has 0 saturated carbocycles. The zero-order valence-electron chi connectivity index (χ0n) is 10.1. The van der Waals surface area contributed by atoms with E-state index >= 15 is 0 Å². The molecule has 0 aliphatic heterocycles. The van der Waals surface area contributed by atoms with Crippen LogP contribution in [0.4, 0.5) is 0 Å². The second-order valence-corrected chi connectivity index (χ2v) is 4.23. The molecule has 1 rings (SSSR count). The number of likely N-dealkylation sites (N-methyl/N-ethyl adjacent to an activating group) is 1. The molecule has 0 fully saturated rings. The number of hydrogen-bond acceptors (Lipinski definition) is 4. The van der Waals surface area contributed by atoms with Crippen LogP contribution in [0.5, 0.6) is 11.5 Å². The summed E-state index contributed by atoms with van der Waals surface area (Å²) in [4.78, 5) is 2.12. The Bertz CT molecular complexity index is 340. The number of hydrogen-bond donors (Lipinski definition) is 3. The summed E-state index contributed by atoms with van der Waals surface area (Å²) in [6.07, 6.45) is 0. The van der Waals surface area contributed by atoms with Gasteiger partial charge in [0.05, 0.1) is 0 Å². The summed E-state index contributed by atoms with van der Waals surface area (Å²) in [7, 11) is 4.05. The molecule has 1 aromatic rings. The maximum Gasteiger partial charge on any atom is 0.161 e. The lowest BCUT2D eigenvalue weighted by molar-refractivity contribution is 0.302. The summed E-state index contributed by atoms with van der Waals surface area (Å²) in [5.74, 6) is -0.104. The fraction of sp³-hybridized carbons (Fsp3) is 0.500. The molecule has 0 aromatic heterocycles.